The van der Waals surface area contributed by atoms with Crippen molar-refractivity contribution in [1.29, 1.82) is 0 Å². The fourth-order valence-corrected chi connectivity index (χ4v) is 3.43. The van der Waals surface area contributed by atoms with E-state index in [1.807, 2.05) is 30.3 Å². The zero-order valence-corrected chi connectivity index (χ0v) is 16.0. The van der Waals surface area contributed by atoms with Gasteiger partial charge in [-0.15, -0.1) is 0 Å². The van der Waals surface area contributed by atoms with E-state index in [-0.39, 0.29) is 18.7 Å². The van der Waals surface area contributed by atoms with Gasteiger partial charge in [0.05, 0.1) is 16.7 Å². The first-order chi connectivity index (χ1) is 14.0. The molecule has 0 fully saturated rings. The molecule has 0 atom stereocenters. The van der Waals surface area contributed by atoms with Crippen molar-refractivity contribution >= 4 is 28.5 Å². The van der Waals surface area contributed by atoms with E-state index in [4.69, 9.17) is 0 Å². The first-order valence-corrected chi connectivity index (χ1v) is 9.14. The van der Waals surface area contributed by atoms with E-state index < -0.39 is 11.8 Å². The van der Waals surface area contributed by atoms with E-state index in [1.165, 1.54) is 0 Å². The van der Waals surface area contributed by atoms with Gasteiger partial charge >= 0.3 is 5.69 Å². The number of rotatable bonds is 4. The molecule has 0 aliphatic rings. The number of hydrogen-bond donors (Lipinski definition) is 2. The lowest BCUT2D eigenvalue weighted by atomic mass is 10.3. The van der Waals surface area contributed by atoms with Crippen molar-refractivity contribution in [3.05, 3.63) is 70.5 Å². The van der Waals surface area contributed by atoms with E-state index in [9.17, 15) is 14.4 Å². The molecular formula is C20H20N6O3. The normalized spacial score (nSPS) is 11.1. The summed E-state index contributed by atoms with van der Waals surface area (Å²) in [5, 5.41) is 0. The number of fused-ring (bicyclic) bond motifs is 2. The van der Waals surface area contributed by atoms with Crippen LogP contribution in [-0.2, 0) is 18.4 Å². The number of hydrogen-bond acceptors (Lipinski definition) is 4. The lowest BCUT2D eigenvalue weighted by Crippen LogP contribution is -2.42. The predicted octanol–water partition coefficient (Wildman–Crippen LogP) is 1.15. The van der Waals surface area contributed by atoms with Gasteiger partial charge in [-0.3, -0.25) is 34.0 Å². The van der Waals surface area contributed by atoms with E-state index in [0.29, 0.717) is 17.0 Å². The number of benzene rings is 1. The Morgan fingerprint density at radius 2 is 1.76 bits per heavy atom. The summed E-state index contributed by atoms with van der Waals surface area (Å²) >= 11 is 0. The SMILES string of the molecule is Cc1nc2ccccn2c1C(=O)NNC(=O)CCn1c(=O)n(C)c2ccccc21. The molecule has 3 aromatic heterocycles. The Morgan fingerprint density at radius 1 is 1.03 bits per heavy atom. The molecule has 0 aliphatic heterocycles. The van der Waals surface area contributed by atoms with Crippen LogP contribution in [0.15, 0.2) is 53.5 Å². The molecule has 0 saturated heterocycles. The minimum Gasteiger partial charge on any atom is -0.295 e. The van der Waals surface area contributed by atoms with Crippen LogP contribution < -0.4 is 16.5 Å². The zero-order valence-electron chi connectivity index (χ0n) is 16.0. The van der Waals surface area contributed by atoms with Crippen molar-refractivity contribution < 1.29 is 9.59 Å². The minimum absolute atomic E-state index is 0.0420. The van der Waals surface area contributed by atoms with Gasteiger partial charge in [0.25, 0.3) is 5.91 Å². The fourth-order valence-electron chi connectivity index (χ4n) is 3.43. The molecule has 3 heterocycles. The Morgan fingerprint density at radius 3 is 2.55 bits per heavy atom. The third-order valence-corrected chi connectivity index (χ3v) is 4.85. The van der Waals surface area contributed by atoms with Gasteiger partial charge < -0.3 is 0 Å². The standard InChI is InChI=1S/C20H20N6O3/c1-13-18(26-11-6-5-9-16(26)21-13)19(28)23-22-17(27)10-12-25-15-8-4-3-7-14(15)24(2)20(25)29/h3-9,11H,10,12H2,1-2H3,(H,22,27)(H,23,28). The molecule has 0 spiro atoms. The third-order valence-electron chi connectivity index (χ3n) is 4.85. The number of nitrogens with one attached hydrogen (secondary N) is 2. The van der Waals surface area contributed by atoms with Crippen molar-refractivity contribution in [3.8, 4) is 0 Å². The number of carbonyl (C=O) groups excluding carboxylic acids is 2. The predicted molar refractivity (Wildman–Crippen MR) is 107 cm³/mol. The number of carbonyl (C=O) groups is 2. The lowest BCUT2D eigenvalue weighted by Gasteiger charge is -2.08. The smallest absolute Gasteiger partial charge is 0.295 e. The van der Waals surface area contributed by atoms with Gasteiger partial charge in [-0.2, -0.15) is 0 Å². The van der Waals surface area contributed by atoms with Crippen LogP contribution in [0.25, 0.3) is 16.7 Å². The van der Waals surface area contributed by atoms with E-state index >= 15 is 0 Å². The second-order valence-corrected chi connectivity index (χ2v) is 6.71. The van der Waals surface area contributed by atoms with Crippen LogP contribution in [0.4, 0.5) is 0 Å². The van der Waals surface area contributed by atoms with E-state index in [0.717, 1.165) is 11.0 Å². The van der Waals surface area contributed by atoms with E-state index in [1.54, 1.807) is 45.8 Å². The highest BCUT2D eigenvalue weighted by Crippen LogP contribution is 2.12. The molecule has 0 saturated carbocycles. The van der Waals surface area contributed by atoms with Crippen LogP contribution in [0.1, 0.15) is 22.6 Å². The van der Waals surface area contributed by atoms with Crippen LogP contribution in [0.5, 0.6) is 0 Å². The minimum atomic E-state index is -0.461. The Labute approximate surface area is 165 Å². The number of pyridine rings is 1. The molecule has 0 aliphatic carbocycles. The van der Waals surface area contributed by atoms with Crippen molar-refractivity contribution in [2.75, 3.05) is 0 Å². The molecule has 148 valence electrons. The lowest BCUT2D eigenvalue weighted by molar-refractivity contribution is -0.122. The zero-order chi connectivity index (χ0) is 20.5. The van der Waals surface area contributed by atoms with Crippen molar-refractivity contribution in [2.24, 2.45) is 7.05 Å². The maximum Gasteiger partial charge on any atom is 0.328 e. The number of nitrogens with zero attached hydrogens (tertiary/aromatic N) is 4. The van der Waals surface area contributed by atoms with Crippen molar-refractivity contribution in [2.45, 2.75) is 19.9 Å². The number of aryl methyl sites for hydroxylation is 3. The highest BCUT2D eigenvalue weighted by atomic mass is 16.2. The summed E-state index contributed by atoms with van der Waals surface area (Å²) in [6.07, 6.45) is 1.78. The molecule has 0 bridgehead atoms. The molecular weight excluding hydrogens is 372 g/mol. The summed E-state index contributed by atoms with van der Waals surface area (Å²) in [4.78, 5) is 41.5. The molecule has 4 aromatic rings. The highest BCUT2D eigenvalue weighted by molar-refractivity contribution is 5.95. The average Bonchev–Trinajstić information content (AvgIpc) is 3.18. The van der Waals surface area contributed by atoms with Gasteiger partial charge in [-0.25, -0.2) is 9.78 Å². The Hall–Kier alpha value is -3.88. The number of hydrazine groups is 1. The Kier molecular flexibility index (Phi) is 4.63. The number of aromatic nitrogens is 4. The van der Waals surface area contributed by atoms with Crippen LogP contribution in [0.3, 0.4) is 0 Å². The Bertz CT molecular complexity index is 1300. The van der Waals surface area contributed by atoms with Crippen molar-refractivity contribution in [1.82, 2.24) is 29.4 Å². The maximum absolute atomic E-state index is 12.5. The topological polar surface area (TPSA) is 102 Å². The summed E-state index contributed by atoms with van der Waals surface area (Å²) in [5.41, 5.74) is 7.76. The summed E-state index contributed by atoms with van der Waals surface area (Å²) in [6.45, 7) is 1.94. The molecule has 29 heavy (non-hydrogen) atoms. The van der Waals surface area contributed by atoms with Crippen LogP contribution >= 0.6 is 0 Å². The molecule has 1 aromatic carbocycles. The molecule has 4 rings (SSSR count). The van der Waals surface area contributed by atoms with Gasteiger partial charge in [-0.05, 0) is 31.2 Å². The van der Waals surface area contributed by atoms with Crippen LogP contribution in [-0.4, -0.2) is 30.3 Å². The fraction of sp³-hybridized carbons (Fsp3) is 0.200. The van der Waals surface area contributed by atoms with Crippen LogP contribution in [0.2, 0.25) is 0 Å². The second kappa shape index (κ2) is 7.27. The summed E-state index contributed by atoms with van der Waals surface area (Å²) in [5.74, 6) is -0.860. The first-order valence-electron chi connectivity index (χ1n) is 9.14. The monoisotopic (exact) mass is 392 g/mol. The van der Waals surface area contributed by atoms with Crippen molar-refractivity contribution in [3.63, 3.8) is 0 Å². The summed E-state index contributed by atoms with van der Waals surface area (Å²) in [6, 6.07) is 12.8. The number of para-hydroxylation sites is 2. The van der Waals surface area contributed by atoms with Gasteiger partial charge in [0, 0.05) is 26.2 Å². The average molecular weight is 392 g/mol. The first kappa shape index (κ1) is 18.5. The van der Waals surface area contributed by atoms with E-state index in [2.05, 4.69) is 15.8 Å². The summed E-state index contributed by atoms with van der Waals surface area (Å²) in [7, 11) is 1.69. The quantitative estimate of drug-likeness (QED) is 0.509. The number of amides is 2. The molecule has 2 amide bonds. The Balaban J connectivity index is 1.42. The summed E-state index contributed by atoms with van der Waals surface area (Å²) < 4.78 is 4.75. The van der Waals surface area contributed by atoms with Gasteiger partial charge in [-0.1, -0.05) is 18.2 Å². The van der Waals surface area contributed by atoms with Crippen LogP contribution in [0, 0.1) is 6.92 Å². The third kappa shape index (κ3) is 3.27. The molecule has 0 unspecified atom stereocenters. The number of imidazole rings is 2. The molecule has 9 heteroatoms. The second-order valence-electron chi connectivity index (χ2n) is 6.71. The maximum atomic E-state index is 12.5. The molecule has 0 radical (unpaired) electrons. The highest BCUT2D eigenvalue weighted by Gasteiger charge is 2.17. The molecule has 9 nitrogen and oxygen atoms in total. The largest absolute Gasteiger partial charge is 0.328 e. The van der Waals surface area contributed by atoms with Gasteiger partial charge in [0.1, 0.15) is 11.3 Å². The van der Waals surface area contributed by atoms with Gasteiger partial charge in [0.2, 0.25) is 5.91 Å². The van der Waals surface area contributed by atoms with Gasteiger partial charge in [0.15, 0.2) is 0 Å². The molecule has 2 N–H and O–H groups in total.